The van der Waals surface area contributed by atoms with Gasteiger partial charge < -0.3 is 19.7 Å². The maximum Gasteiger partial charge on any atom is 0.393 e. The summed E-state index contributed by atoms with van der Waals surface area (Å²) >= 11 is 0. The third-order valence-electron chi connectivity index (χ3n) is 7.64. The summed E-state index contributed by atoms with van der Waals surface area (Å²) in [7, 11) is 3.24. The Hall–Kier alpha value is -2.78. The summed E-state index contributed by atoms with van der Waals surface area (Å²) in [5.41, 5.74) is -1.50. The van der Waals surface area contributed by atoms with Crippen LogP contribution >= 0.6 is 0 Å². The quantitative estimate of drug-likeness (QED) is 0.0713. The highest BCUT2D eigenvalue weighted by molar-refractivity contribution is 6.14. The number of allylic oxidation sites excluding steroid dienone is 2. The van der Waals surface area contributed by atoms with E-state index < -0.39 is 41.2 Å². The van der Waals surface area contributed by atoms with E-state index in [1.54, 1.807) is 14.1 Å². The van der Waals surface area contributed by atoms with Gasteiger partial charge in [0.1, 0.15) is 11.5 Å². The lowest BCUT2D eigenvalue weighted by atomic mass is 9.91. The van der Waals surface area contributed by atoms with Crippen molar-refractivity contribution in [3.63, 3.8) is 0 Å². The first kappa shape index (κ1) is 39.2. The number of rotatable bonds is 23. The first-order valence-corrected chi connectivity index (χ1v) is 16.4. The van der Waals surface area contributed by atoms with Gasteiger partial charge in [-0.15, -0.1) is 0 Å². The first-order chi connectivity index (χ1) is 20.8. The molecule has 1 heterocycles. The zero-order chi connectivity index (χ0) is 33.1. The Morgan fingerprint density at radius 2 is 1.27 bits per heavy atom. The maximum absolute atomic E-state index is 13.8. The molecule has 1 amide bonds. The van der Waals surface area contributed by atoms with Gasteiger partial charge in [0, 0.05) is 26.2 Å². The van der Waals surface area contributed by atoms with Gasteiger partial charge in [-0.25, -0.2) is 4.79 Å². The highest BCUT2D eigenvalue weighted by Crippen LogP contribution is 2.38. The molecule has 2 N–H and O–H groups in total. The summed E-state index contributed by atoms with van der Waals surface area (Å²) in [4.78, 5) is 31.3. The summed E-state index contributed by atoms with van der Waals surface area (Å²) in [6.45, 7) is 6.83. The first-order valence-electron chi connectivity index (χ1n) is 16.4. The van der Waals surface area contributed by atoms with Crippen molar-refractivity contribution in [3.05, 3.63) is 28.2 Å². The fraction of sp³-hybridized carbons (Fsp3) is 0.735. The molecule has 252 valence electrons. The van der Waals surface area contributed by atoms with E-state index in [2.05, 4.69) is 17.2 Å². The van der Waals surface area contributed by atoms with Crippen LogP contribution in [0.3, 0.4) is 0 Å². The van der Waals surface area contributed by atoms with E-state index in [0.717, 1.165) is 19.3 Å². The molecule has 0 bridgehead atoms. The molecule has 10 heteroatoms. The average molecular weight is 628 g/mol. The van der Waals surface area contributed by atoms with Gasteiger partial charge in [-0.3, -0.25) is 4.79 Å². The number of aliphatic carboxylic acids is 1. The molecule has 0 fully saturated rings. The van der Waals surface area contributed by atoms with Crippen LogP contribution in [0.2, 0.25) is 0 Å². The summed E-state index contributed by atoms with van der Waals surface area (Å²) in [6.07, 6.45) is 13.1. The Morgan fingerprint density at radius 3 is 1.64 bits per heavy atom. The second kappa shape index (κ2) is 21.0. The van der Waals surface area contributed by atoms with Gasteiger partial charge in [0.25, 0.3) is 11.9 Å². The minimum Gasteiger partial charge on any atom is -0.478 e. The molecule has 0 aliphatic heterocycles. The molecule has 0 saturated heterocycles. The van der Waals surface area contributed by atoms with E-state index in [-0.39, 0.29) is 29.6 Å². The number of nitrogens with zero attached hydrogens (tertiary/aromatic N) is 2. The molecule has 1 rings (SSSR count). The summed E-state index contributed by atoms with van der Waals surface area (Å²) in [5, 5.41) is 12.6. The molecule has 0 aliphatic rings. The Kier molecular flexibility index (Phi) is 18.8. The van der Waals surface area contributed by atoms with Crippen LogP contribution in [0.4, 0.5) is 19.2 Å². The fourth-order valence-corrected chi connectivity index (χ4v) is 5.28. The standard InChI is InChI=1S/C34H56F3N3O4/c1-7-8-9-10-11-12-13-14-15-16-17-18-19-20-21-22-23-38-31(41)29(28(25(2)3)32(42)43)27(24-34(35,36)37)30-26(4)44-33(39-30)40(5)6/h7-24H2,1-6H3,(H,38,41)(H,42,43). The van der Waals surface area contributed by atoms with Crippen LogP contribution in [0.25, 0.3) is 5.57 Å². The number of aryl methyl sites for hydroxylation is 1. The molecular formula is C34H56F3N3O4. The van der Waals surface area contributed by atoms with Crippen LogP contribution in [0.15, 0.2) is 21.1 Å². The molecule has 0 unspecified atom stereocenters. The molecule has 44 heavy (non-hydrogen) atoms. The number of hydrogen-bond acceptors (Lipinski definition) is 5. The van der Waals surface area contributed by atoms with Crippen molar-refractivity contribution in [3.8, 4) is 0 Å². The van der Waals surface area contributed by atoms with Crippen molar-refractivity contribution in [1.82, 2.24) is 10.3 Å². The van der Waals surface area contributed by atoms with Crippen molar-refractivity contribution < 1.29 is 32.3 Å². The molecule has 1 aromatic heterocycles. The van der Waals surface area contributed by atoms with Gasteiger partial charge in [0.05, 0.1) is 17.6 Å². The van der Waals surface area contributed by atoms with Crippen molar-refractivity contribution in [2.75, 3.05) is 25.5 Å². The molecule has 1 aromatic rings. The number of alkyl halides is 3. The van der Waals surface area contributed by atoms with Crippen LogP contribution in [-0.4, -0.2) is 48.8 Å². The van der Waals surface area contributed by atoms with Crippen LogP contribution < -0.4 is 10.2 Å². The topological polar surface area (TPSA) is 95.7 Å². The number of anilines is 1. The van der Waals surface area contributed by atoms with E-state index >= 15 is 0 Å². The van der Waals surface area contributed by atoms with Crippen LogP contribution in [0.5, 0.6) is 0 Å². The smallest absolute Gasteiger partial charge is 0.393 e. The molecule has 0 atom stereocenters. The van der Waals surface area contributed by atoms with E-state index in [1.165, 1.54) is 103 Å². The lowest BCUT2D eigenvalue weighted by molar-refractivity contribution is -0.133. The van der Waals surface area contributed by atoms with Crippen molar-refractivity contribution >= 4 is 23.5 Å². The van der Waals surface area contributed by atoms with Gasteiger partial charge >= 0.3 is 12.1 Å². The molecule has 0 aliphatic carbocycles. The minimum atomic E-state index is -4.72. The normalized spacial score (nSPS) is 12.2. The van der Waals surface area contributed by atoms with E-state index in [4.69, 9.17) is 4.42 Å². The number of carboxylic acids is 1. The summed E-state index contributed by atoms with van der Waals surface area (Å²) in [5.74, 6) is -2.28. The largest absolute Gasteiger partial charge is 0.478 e. The number of hydrogen-bond donors (Lipinski definition) is 2. The summed E-state index contributed by atoms with van der Waals surface area (Å²) in [6, 6.07) is 0.0548. The lowest BCUT2D eigenvalue weighted by Crippen LogP contribution is -2.30. The van der Waals surface area contributed by atoms with E-state index in [1.807, 2.05) is 0 Å². The minimum absolute atomic E-state index is 0.0548. The number of amides is 1. The van der Waals surface area contributed by atoms with Crippen LogP contribution in [0, 0.1) is 6.92 Å². The van der Waals surface area contributed by atoms with Gasteiger partial charge in [-0.1, -0.05) is 109 Å². The monoisotopic (exact) mass is 627 g/mol. The third kappa shape index (κ3) is 15.3. The van der Waals surface area contributed by atoms with E-state index in [9.17, 15) is 27.9 Å². The Bertz CT molecular complexity index is 1070. The van der Waals surface area contributed by atoms with Gasteiger partial charge in [0.15, 0.2) is 0 Å². The molecule has 7 nitrogen and oxygen atoms in total. The van der Waals surface area contributed by atoms with Gasteiger partial charge in [-0.2, -0.15) is 18.2 Å². The van der Waals surface area contributed by atoms with E-state index in [0.29, 0.717) is 6.42 Å². The Morgan fingerprint density at radius 1 is 0.818 bits per heavy atom. The number of nitrogens with one attached hydrogen (secondary N) is 1. The maximum atomic E-state index is 13.8. The Balaban J connectivity index is 2.72. The summed E-state index contributed by atoms with van der Waals surface area (Å²) < 4.78 is 46.9. The predicted octanol–water partition coefficient (Wildman–Crippen LogP) is 9.55. The lowest BCUT2D eigenvalue weighted by Gasteiger charge is -2.18. The molecular weight excluding hydrogens is 571 g/mol. The number of carbonyl (C=O) groups is 2. The SMILES string of the molecule is CCCCCCCCCCCCCCCCCCNC(=O)C(C(C(=O)O)=C(C)C)=C(CC(F)(F)F)c1nc(N(C)C)oc1C. The average Bonchev–Trinajstić information content (AvgIpc) is 3.32. The highest BCUT2D eigenvalue weighted by Gasteiger charge is 2.37. The molecule has 0 spiro atoms. The molecule has 0 aromatic carbocycles. The van der Waals surface area contributed by atoms with Crippen LogP contribution in [-0.2, 0) is 9.59 Å². The molecule has 0 saturated carbocycles. The van der Waals surface area contributed by atoms with Gasteiger partial charge in [-0.05, 0) is 27.2 Å². The Labute approximate surface area is 262 Å². The zero-order valence-electron chi connectivity index (χ0n) is 27.9. The number of carbonyl (C=O) groups excluding carboxylic acids is 1. The number of aromatic nitrogens is 1. The molecule has 0 radical (unpaired) electrons. The third-order valence-corrected chi connectivity index (χ3v) is 7.64. The number of oxazole rings is 1. The predicted molar refractivity (Wildman–Crippen MR) is 172 cm³/mol. The van der Waals surface area contributed by atoms with Gasteiger partial charge in [0.2, 0.25) is 0 Å². The second-order valence-corrected chi connectivity index (χ2v) is 12.2. The van der Waals surface area contributed by atoms with Crippen molar-refractivity contribution in [2.45, 2.75) is 143 Å². The number of halogens is 3. The van der Waals surface area contributed by atoms with Crippen LogP contribution in [0.1, 0.15) is 141 Å². The number of unbranched alkanes of at least 4 members (excludes halogenated alkanes) is 15. The second-order valence-electron chi connectivity index (χ2n) is 12.2. The van der Waals surface area contributed by atoms with Crippen molar-refractivity contribution in [1.29, 1.82) is 0 Å². The fourth-order valence-electron chi connectivity index (χ4n) is 5.28. The zero-order valence-corrected chi connectivity index (χ0v) is 27.9. The number of carboxylic acid groups (broad SMARTS) is 1. The van der Waals surface area contributed by atoms with Crippen molar-refractivity contribution in [2.24, 2.45) is 0 Å². The highest BCUT2D eigenvalue weighted by atomic mass is 19.4.